The fourth-order valence-electron chi connectivity index (χ4n) is 2.37. The molecule has 1 aliphatic rings. The monoisotopic (exact) mass is 311 g/mol. The van der Waals surface area contributed by atoms with Crippen molar-refractivity contribution in [2.24, 2.45) is 5.92 Å². The molecule has 0 aromatic heterocycles. The maximum absolute atomic E-state index is 5.67. The number of benzene rings is 1. The van der Waals surface area contributed by atoms with Crippen molar-refractivity contribution >= 4 is 12.4 Å². The van der Waals surface area contributed by atoms with Crippen LogP contribution in [0.5, 0.6) is 11.5 Å². The van der Waals surface area contributed by atoms with Crippen molar-refractivity contribution in [3.8, 4) is 11.5 Å². The molecule has 1 aromatic carbocycles. The molecule has 0 unspecified atom stereocenters. The molecule has 21 heavy (non-hydrogen) atoms. The number of nitrogens with zero attached hydrogens (tertiary/aromatic N) is 1. The Bertz CT molecular complexity index is 429. The van der Waals surface area contributed by atoms with Crippen LogP contribution in [0.25, 0.3) is 0 Å². The lowest BCUT2D eigenvalue weighted by atomic mass is 9.99. The smallest absolute Gasteiger partial charge is 0.123 e. The Morgan fingerprint density at radius 1 is 1.19 bits per heavy atom. The number of methoxy groups -OCH3 is 1. The second-order valence-corrected chi connectivity index (χ2v) is 5.44. The van der Waals surface area contributed by atoms with E-state index in [2.05, 4.69) is 24.0 Å². The van der Waals surface area contributed by atoms with E-state index in [9.17, 15) is 0 Å². The van der Waals surface area contributed by atoms with Gasteiger partial charge in [0.15, 0.2) is 0 Å². The van der Waals surface area contributed by atoms with Crippen LogP contribution in [0.4, 0.5) is 0 Å². The lowest BCUT2D eigenvalue weighted by Gasteiger charge is -2.29. The quantitative estimate of drug-likeness (QED) is 0.746. The lowest BCUT2D eigenvalue weighted by molar-refractivity contribution is 0.210. The zero-order chi connectivity index (χ0) is 14.2. The minimum Gasteiger partial charge on any atom is -0.497 e. The van der Waals surface area contributed by atoms with Gasteiger partial charge in [-0.15, -0.1) is 12.4 Å². The minimum absolute atomic E-state index is 0. The van der Waals surface area contributed by atoms with Crippen molar-refractivity contribution in [3.63, 3.8) is 0 Å². The second-order valence-electron chi connectivity index (χ2n) is 5.44. The van der Waals surface area contributed by atoms with E-state index >= 15 is 0 Å². The summed E-state index contributed by atoms with van der Waals surface area (Å²) in [6.45, 7) is 6.44. The average Bonchev–Trinajstić information content (AvgIpc) is 2.49. The van der Waals surface area contributed by atoms with Gasteiger partial charge in [0.05, 0.1) is 7.11 Å². The molecule has 0 saturated carbocycles. The highest BCUT2D eigenvalue weighted by molar-refractivity contribution is 5.85. The molecular weight excluding hydrogens is 286 g/mol. The number of likely N-dealkylation sites (tertiary alicyclic amines) is 1. The number of rotatable bonds is 6. The highest BCUT2D eigenvalue weighted by Gasteiger charge is 2.13. The molecule has 4 heteroatoms. The molecule has 0 bridgehead atoms. The van der Waals surface area contributed by atoms with Crippen molar-refractivity contribution in [1.82, 2.24) is 4.90 Å². The molecule has 1 aliphatic heterocycles. The topological polar surface area (TPSA) is 21.7 Å². The minimum atomic E-state index is 0. The number of hydrogen-bond donors (Lipinski definition) is 0. The van der Waals surface area contributed by atoms with Gasteiger partial charge in [-0.1, -0.05) is 25.1 Å². The van der Waals surface area contributed by atoms with Crippen LogP contribution in [0.15, 0.2) is 36.4 Å². The van der Waals surface area contributed by atoms with Crippen LogP contribution >= 0.6 is 12.4 Å². The van der Waals surface area contributed by atoms with Gasteiger partial charge >= 0.3 is 0 Å². The van der Waals surface area contributed by atoms with Gasteiger partial charge < -0.3 is 9.47 Å². The van der Waals surface area contributed by atoms with Crippen LogP contribution in [-0.2, 0) is 0 Å². The summed E-state index contributed by atoms with van der Waals surface area (Å²) in [6.07, 6.45) is 6.95. The SMILES string of the molecule is COc1cccc(OC/C=C/CN2CCC(C)CC2)c1.Cl. The molecule has 1 fully saturated rings. The molecule has 0 N–H and O–H groups in total. The summed E-state index contributed by atoms with van der Waals surface area (Å²) in [7, 11) is 1.67. The zero-order valence-corrected chi connectivity index (χ0v) is 13.8. The van der Waals surface area contributed by atoms with Gasteiger partial charge in [0.2, 0.25) is 0 Å². The van der Waals surface area contributed by atoms with Gasteiger partial charge in [0.1, 0.15) is 18.1 Å². The highest BCUT2D eigenvalue weighted by atomic mass is 35.5. The summed E-state index contributed by atoms with van der Waals surface area (Å²) in [5, 5.41) is 0. The van der Waals surface area contributed by atoms with Crippen LogP contribution in [0.3, 0.4) is 0 Å². The predicted octanol–water partition coefficient (Wildman–Crippen LogP) is 3.78. The number of hydrogen-bond acceptors (Lipinski definition) is 3. The van der Waals surface area contributed by atoms with Crippen LogP contribution < -0.4 is 9.47 Å². The molecule has 118 valence electrons. The Morgan fingerprint density at radius 2 is 1.90 bits per heavy atom. The summed E-state index contributed by atoms with van der Waals surface area (Å²) >= 11 is 0. The fraction of sp³-hybridized carbons (Fsp3) is 0.529. The van der Waals surface area contributed by atoms with E-state index in [-0.39, 0.29) is 12.4 Å². The van der Waals surface area contributed by atoms with Crippen LogP contribution in [0.2, 0.25) is 0 Å². The molecule has 1 aromatic rings. The van der Waals surface area contributed by atoms with Gasteiger partial charge in [-0.05, 0) is 44.0 Å². The largest absolute Gasteiger partial charge is 0.497 e. The molecule has 0 spiro atoms. The van der Waals surface area contributed by atoms with E-state index in [0.717, 1.165) is 24.0 Å². The van der Waals surface area contributed by atoms with Crippen LogP contribution in [-0.4, -0.2) is 38.3 Å². The third kappa shape index (κ3) is 6.40. The van der Waals surface area contributed by atoms with Gasteiger partial charge in [0, 0.05) is 12.6 Å². The second kappa shape index (κ2) is 9.69. The van der Waals surface area contributed by atoms with Crippen LogP contribution in [0.1, 0.15) is 19.8 Å². The zero-order valence-electron chi connectivity index (χ0n) is 13.0. The first kappa shape index (κ1) is 17.9. The Hall–Kier alpha value is -1.19. The molecule has 0 radical (unpaired) electrons. The number of halogens is 1. The average molecular weight is 312 g/mol. The summed E-state index contributed by atoms with van der Waals surface area (Å²) in [5.41, 5.74) is 0. The molecular formula is C17H26ClNO2. The lowest BCUT2D eigenvalue weighted by Crippen LogP contribution is -2.32. The van der Waals surface area contributed by atoms with E-state index in [0.29, 0.717) is 6.61 Å². The molecule has 1 saturated heterocycles. The Labute approximate surface area is 134 Å². The number of piperidine rings is 1. The first-order valence-corrected chi connectivity index (χ1v) is 7.42. The van der Waals surface area contributed by atoms with E-state index in [1.165, 1.54) is 25.9 Å². The van der Waals surface area contributed by atoms with E-state index in [1.54, 1.807) is 7.11 Å². The molecule has 1 heterocycles. The van der Waals surface area contributed by atoms with Crippen molar-refractivity contribution in [2.45, 2.75) is 19.8 Å². The van der Waals surface area contributed by atoms with Gasteiger partial charge in [-0.25, -0.2) is 0 Å². The first-order valence-electron chi connectivity index (χ1n) is 7.42. The molecule has 0 aliphatic carbocycles. The number of ether oxygens (including phenoxy) is 2. The van der Waals surface area contributed by atoms with Gasteiger partial charge in [-0.3, -0.25) is 4.90 Å². The molecule has 3 nitrogen and oxygen atoms in total. The van der Waals surface area contributed by atoms with Crippen molar-refractivity contribution in [3.05, 3.63) is 36.4 Å². The molecule has 0 amide bonds. The maximum atomic E-state index is 5.67. The van der Waals surface area contributed by atoms with Crippen molar-refractivity contribution < 1.29 is 9.47 Å². The fourth-order valence-corrected chi connectivity index (χ4v) is 2.37. The van der Waals surface area contributed by atoms with Crippen molar-refractivity contribution in [2.75, 3.05) is 33.4 Å². The highest BCUT2D eigenvalue weighted by Crippen LogP contribution is 2.18. The van der Waals surface area contributed by atoms with Crippen LogP contribution in [0, 0.1) is 5.92 Å². The van der Waals surface area contributed by atoms with Gasteiger partial charge in [-0.2, -0.15) is 0 Å². The third-order valence-corrected chi connectivity index (χ3v) is 3.79. The maximum Gasteiger partial charge on any atom is 0.123 e. The van der Waals surface area contributed by atoms with Crippen molar-refractivity contribution in [1.29, 1.82) is 0 Å². The summed E-state index contributed by atoms with van der Waals surface area (Å²) < 4.78 is 10.8. The van der Waals surface area contributed by atoms with E-state index in [1.807, 2.05) is 24.3 Å². The molecule has 2 rings (SSSR count). The normalized spacial score (nSPS) is 16.7. The third-order valence-electron chi connectivity index (χ3n) is 3.79. The van der Waals surface area contributed by atoms with Gasteiger partial charge in [0.25, 0.3) is 0 Å². The summed E-state index contributed by atoms with van der Waals surface area (Å²) in [5.74, 6) is 2.57. The Kier molecular flexibility index (Phi) is 8.24. The summed E-state index contributed by atoms with van der Waals surface area (Å²) in [4.78, 5) is 2.50. The first-order chi connectivity index (χ1) is 9.78. The van der Waals surface area contributed by atoms with E-state index in [4.69, 9.17) is 9.47 Å². The predicted molar refractivity (Wildman–Crippen MR) is 89.7 cm³/mol. The molecule has 0 atom stereocenters. The van der Waals surface area contributed by atoms with E-state index < -0.39 is 0 Å². The Morgan fingerprint density at radius 3 is 2.62 bits per heavy atom. The summed E-state index contributed by atoms with van der Waals surface area (Å²) in [6, 6.07) is 7.70. The Balaban J connectivity index is 0.00000220. The standard InChI is InChI=1S/C17H25NO2.ClH/c1-15-8-11-18(12-9-15)10-3-4-13-20-17-7-5-6-16(14-17)19-2;/h3-7,14-15H,8-13H2,1-2H3;1H/b4-3+;.